The molecule has 1 aliphatic rings. The molecule has 1 fully saturated rings. The molecule has 0 saturated heterocycles. The molecule has 9 nitrogen and oxygen atoms in total. The second-order valence-corrected chi connectivity index (χ2v) is 8.15. The van der Waals surface area contributed by atoms with Crippen molar-refractivity contribution in [3.8, 4) is 17.2 Å². The monoisotopic (exact) mass is 531 g/mol. The standard InChI is InChI=1S/C23H23BrFN5O4/c1-3-27-11-14(10-26)21(31)30-23(6-7-23)22(32)29-13-19-18(25)9-16(12-28-19)34-20-5-4-15(33-2)8-17(20)24/h3-5,8-12H,1,6-7,13,26H2,2H3,(H,29,32)(H,30,31)/b14-10+,27-11?. The minimum Gasteiger partial charge on any atom is -0.497 e. The molecule has 1 aromatic heterocycles. The summed E-state index contributed by atoms with van der Waals surface area (Å²) in [5, 5.41) is 5.28. The van der Waals surface area contributed by atoms with E-state index in [1.807, 2.05) is 0 Å². The zero-order valence-corrected chi connectivity index (χ0v) is 19.9. The number of aliphatic imine (C=N–C) groups is 1. The van der Waals surface area contributed by atoms with Gasteiger partial charge < -0.3 is 25.8 Å². The first-order valence-corrected chi connectivity index (χ1v) is 10.9. The summed E-state index contributed by atoms with van der Waals surface area (Å²) in [5.74, 6) is -0.354. The molecular formula is C23H23BrFN5O4. The highest BCUT2D eigenvalue weighted by atomic mass is 79.9. The average Bonchev–Trinajstić information content (AvgIpc) is 3.60. The zero-order chi connectivity index (χ0) is 24.7. The third-order valence-electron chi connectivity index (χ3n) is 4.97. The van der Waals surface area contributed by atoms with Crippen LogP contribution in [0.3, 0.4) is 0 Å². The molecule has 1 saturated carbocycles. The number of hydrogen-bond acceptors (Lipinski definition) is 7. The zero-order valence-electron chi connectivity index (χ0n) is 18.3. The number of hydrogen-bond donors (Lipinski definition) is 3. The van der Waals surface area contributed by atoms with Gasteiger partial charge in [-0.2, -0.15) is 0 Å². The highest BCUT2D eigenvalue weighted by Crippen LogP contribution is 2.36. The number of ether oxygens (including phenoxy) is 2. The molecule has 1 aliphatic carbocycles. The van der Waals surface area contributed by atoms with Crippen LogP contribution >= 0.6 is 15.9 Å². The summed E-state index contributed by atoms with van der Waals surface area (Å²) in [6.45, 7) is 3.26. The molecule has 0 spiro atoms. The second-order valence-electron chi connectivity index (χ2n) is 7.30. The van der Waals surface area contributed by atoms with E-state index in [2.05, 4.69) is 43.1 Å². The number of amides is 2. The summed E-state index contributed by atoms with van der Waals surface area (Å²) < 4.78 is 26.0. The molecule has 1 aromatic carbocycles. The smallest absolute Gasteiger partial charge is 0.255 e. The van der Waals surface area contributed by atoms with Gasteiger partial charge in [-0.25, -0.2) is 4.39 Å². The van der Waals surface area contributed by atoms with Crippen molar-refractivity contribution in [3.05, 3.63) is 71.0 Å². The van der Waals surface area contributed by atoms with Gasteiger partial charge in [0.2, 0.25) is 5.91 Å². The lowest BCUT2D eigenvalue weighted by molar-refractivity contribution is -0.128. The molecule has 0 aliphatic heterocycles. The van der Waals surface area contributed by atoms with E-state index in [0.29, 0.717) is 28.8 Å². The van der Waals surface area contributed by atoms with Gasteiger partial charge in [-0.3, -0.25) is 19.6 Å². The van der Waals surface area contributed by atoms with Gasteiger partial charge in [0.05, 0.1) is 35.6 Å². The summed E-state index contributed by atoms with van der Waals surface area (Å²) in [6, 6.07) is 6.27. The number of nitrogens with one attached hydrogen (secondary N) is 2. The molecular weight excluding hydrogens is 509 g/mol. The lowest BCUT2D eigenvalue weighted by atomic mass is 10.2. The van der Waals surface area contributed by atoms with Crippen LogP contribution in [0.2, 0.25) is 0 Å². The fourth-order valence-electron chi connectivity index (χ4n) is 2.92. The summed E-state index contributed by atoms with van der Waals surface area (Å²) >= 11 is 3.37. The van der Waals surface area contributed by atoms with Crippen LogP contribution in [0.15, 0.2) is 64.5 Å². The summed E-state index contributed by atoms with van der Waals surface area (Å²) in [4.78, 5) is 32.8. The first-order chi connectivity index (χ1) is 16.3. The molecule has 2 amide bonds. The number of carbonyl (C=O) groups excluding carboxylic acids is 2. The molecule has 0 unspecified atom stereocenters. The Morgan fingerprint density at radius 3 is 2.71 bits per heavy atom. The Kier molecular flexibility index (Phi) is 8.00. The minimum atomic E-state index is -1.08. The Labute approximate surface area is 204 Å². The molecule has 2 aromatic rings. The molecule has 3 rings (SSSR count). The van der Waals surface area contributed by atoms with Crippen molar-refractivity contribution in [2.24, 2.45) is 10.7 Å². The van der Waals surface area contributed by atoms with Gasteiger partial charge in [0.15, 0.2) is 0 Å². The van der Waals surface area contributed by atoms with Crippen LogP contribution in [0, 0.1) is 5.82 Å². The van der Waals surface area contributed by atoms with E-state index in [9.17, 15) is 14.0 Å². The topological polar surface area (TPSA) is 128 Å². The number of aromatic nitrogens is 1. The number of nitrogens with two attached hydrogens (primary N) is 1. The fourth-order valence-corrected chi connectivity index (χ4v) is 3.36. The van der Waals surface area contributed by atoms with Crippen molar-refractivity contribution < 1.29 is 23.5 Å². The molecule has 0 radical (unpaired) electrons. The maximum atomic E-state index is 14.6. The van der Waals surface area contributed by atoms with Gasteiger partial charge in [-0.15, -0.1) is 0 Å². The van der Waals surface area contributed by atoms with Crippen LogP contribution in [0.5, 0.6) is 17.2 Å². The number of methoxy groups -OCH3 is 1. The van der Waals surface area contributed by atoms with Crippen molar-refractivity contribution >= 4 is 34.0 Å². The summed E-state index contributed by atoms with van der Waals surface area (Å²) in [7, 11) is 1.55. The van der Waals surface area contributed by atoms with E-state index in [1.54, 1.807) is 25.3 Å². The number of pyridine rings is 1. The molecule has 4 N–H and O–H groups in total. The SMILES string of the molecule is C=CN=C/C(=C\N)C(=O)NC1(C(=O)NCc2ncc(Oc3ccc(OC)cc3Br)cc2F)CC1. The lowest BCUT2D eigenvalue weighted by Gasteiger charge is -2.17. The Morgan fingerprint density at radius 1 is 1.35 bits per heavy atom. The number of benzene rings is 1. The lowest BCUT2D eigenvalue weighted by Crippen LogP contribution is -2.49. The number of carbonyl (C=O) groups is 2. The van der Waals surface area contributed by atoms with Crippen LogP contribution in [-0.4, -0.2) is 35.7 Å². The van der Waals surface area contributed by atoms with Gasteiger partial charge in [0.1, 0.15) is 28.6 Å². The molecule has 34 heavy (non-hydrogen) atoms. The molecule has 11 heteroatoms. The Bertz CT molecular complexity index is 1160. The quantitative estimate of drug-likeness (QED) is 0.319. The fraction of sp³-hybridized carbons (Fsp3) is 0.217. The summed E-state index contributed by atoms with van der Waals surface area (Å²) in [6.07, 6.45) is 5.82. The van der Waals surface area contributed by atoms with E-state index in [-0.39, 0.29) is 23.6 Å². The number of nitrogens with zero attached hydrogens (tertiary/aromatic N) is 2. The maximum absolute atomic E-state index is 14.6. The summed E-state index contributed by atoms with van der Waals surface area (Å²) in [5.41, 5.74) is 4.48. The van der Waals surface area contributed by atoms with Crippen LogP contribution in [0.4, 0.5) is 4.39 Å². The minimum absolute atomic E-state index is 0.0253. The van der Waals surface area contributed by atoms with Crippen LogP contribution in [-0.2, 0) is 16.1 Å². The van der Waals surface area contributed by atoms with Gasteiger partial charge >= 0.3 is 0 Å². The average molecular weight is 532 g/mol. The van der Waals surface area contributed by atoms with Gasteiger partial charge in [-0.05, 0) is 47.0 Å². The highest BCUT2D eigenvalue weighted by Gasteiger charge is 2.51. The third-order valence-corrected chi connectivity index (χ3v) is 5.59. The Balaban J connectivity index is 1.60. The number of rotatable bonds is 10. The number of halogens is 2. The normalized spacial score (nSPS) is 14.4. The molecule has 1 heterocycles. The third kappa shape index (κ3) is 5.98. The second kappa shape index (κ2) is 10.9. The largest absolute Gasteiger partial charge is 0.497 e. The molecule has 178 valence electrons. The van der Waals surface area contributed by atoms with Gasteiger partial charge in [0, 0.05) is 24.7 Å². The Morgan fingerprint density at radius 2 is 2.12 bits per heavy atom. The van der Waals surface area contributed by atoms with E-state index in [1.165, 1.54) is 24.7 Å². The van der Waals surface area contributed by atoms with E-state index < -0.39 is 23.2 Å². The molecule has 0 bridgehead atoms. The predicted octanol–water partition coefficient (Wildman–Crippen LogP) is 3.11. The van der Waals surface area contributed by atoms with Crippen molar-refractivity contribution in [3.63, 3.8) is 0 Å². The predicted molar refractivity (Wildman–Crippen MR) is 128 cm³/mol. The van der Waals surface area contributed by atoms with Crippen molar-refractivity contribution in [2.45, 2.75) is 24.9 Å². The van der Waals surface area contributed by atoms with E-state index >= 15 is 0 Å². The van der Waals surface area contributed by atoms with E-state index in [4.69, 9.17) is 15.2 Å². The van der Waals surface area contributed by atoms with Gasteiger partial charge in [-0.1, -0.05) is 6.58 Å². The first-order valence-electron chi connectivity index (χ1n) is 10.1. The molecule has 0 atom stereocenters. The van der Waals surface area contributed by atoms with Crippen LogP contribution in [0.25, 0.3) is 0 Å². The maximum Gasteiger partial charge on any atom is 0.255 e. The highest BCUT2D eigenvalue weighted by molar-refractivity contribution is 9.10. The van der Waals surface area contributed by atoms with Crippen LogP contribution in [0.1, 0.15) is 18.5 Å². The Hall–Kier alpha value is -3.73. The first kappa shape index (κ1) is 24.9. The van der Waals surface area contributed by atoms with Crippen molar-refractivity contribution in [1.29, 1.82) is 0 Å². The van der Waals surface area contributed by atoms with Crippen molar-refractivity contribution in [2.75, 3.05) is 7.11 Å². The van der Waals surface area contributed by atoms with Crippen LogP contribution < -0.4 is 25.8 Å². The van der Waals surface area contributed by atoms with E-state index in [0.717, 1.165) is 6.20 Å². The van der Waals surface area contributed by atoms with Gasteiger partial charge in [0.25, 0.3) is 5.91 Å². The van der Waals surface area contributed by atoms with Crippen molar-refractivity contribution in [1.82, 2.24) is 15.6 Å².